The van der Waals surface area contributed by atoms with Crippen LogP contribution in [0.15, 0.2) is 0 Å². The summed E-state index contributed by atoms with van der Waals surface area (Å²) >= 11 is 0.836. The molecule has 0 aromatic rings. The molecule has 0 amide bonds. The average molecular weight is 259 g/mol. The van der Waals surface area contributed by atoms with Gasteiger partial charge in [-0.1, -0.05) is 8.96 Å². The molecule has 0 rings (SSSR count). The van der Waals surface area contributed by atoms with Gasteiger partial charge in [0.2, 0.25) is 0 Å². The highest BCUT2D eigenvalue weighted by atomic mass is 127. The van der Waals surface area contributed by atoms with Gasteiger partial charge in [0.05, 0.1) is 0 Å². The van der Waals surface area contributed by atoms with Gasteiger partial charge in [0.15, 0.2) is 4.75 Å². The van der Waals surface area contributed by atoms with Gasteiger partial charge in [-0.3, -0.25) is 0 Å². The van der Waals surface area contributed by atoms with Crippen LogP contribution in [0.2, 0.25) is 0 Å². The molecule has 0 unspecified atom stereocenters. The Labute approximate surface area is 58.2 Å². The minimum absolute atomic E-state index is 0.836. The average Bonchev–Trinajstić information content (AvgIpc) is 1.67. The molecule has 0 spiro atoms. The van der Waals surface area contributed by atoms with Crippen molar-refractivity contribution in [1.29, 1.82) is 0 Å². The van der Waals surface area contributed by atoms with E-state index >= 15 is 0 Å². The monoisotopic (exact) mass is 259 g/mol. The van der Waals surface area contributed by atoms with Crippen molar-refractivity contribution in [1.82, 2.24) is 4.75 Å². The molecule has 0 saturated carbocycles. The summed E-state index contributed by atoms with van der Waals surface area (Å²) in [4.78, 5) is 0. The van der Waals surface area contributed by atoms with E-state index in [4.69, 9.17) is 0 Å². The molecule has 0 N–H and O–H groups in total. The molecule has 8 heteroatoms. The van der Waals surface area contributed by atoms with Crippen LogP contribution in [0.1, 0.15) is 0 Å². The van der Waals surface area contributed by atoms with Gasteiger partial charge in [-0.15, -0.1) is 0 Å². The highest BCUT2D eigenvalue weighted by Gasteiger charge is 2.21. The van der Waals surface area contributed by atoms with Crippen LogP contribution in [0.25, 0.3) is 0 Å². The van der Waals surface area contributed by atoms with Gasteiger partial charge < -0.3 is 0 Å². The Hall–Kier alpha value is 0.460. The highest BCUT2D eigenvalue weighted by molar-refractivity contribution is 14.1. The Balaban J connectivity index is 4.17. The zero-order chi connectivity index (χ0) is 6.78. The van der Waals surface area contributed by atoms with E-state index in [0.29, 0.717) is 0 Å². The van der Waals surface area contributed by atoms with Crippen molar-refractivity contribution in [2.45, 2.75) is 0 Å². The summed E-state index contributed by atoms with van der Waals surface area (Å²) in [5.74, 6) is 0. The summed E-state index contributed by atoms with van der Waals surface area (Å²) in [6.45, 7) is 0. The van der Waals surface area contributed by atoms with Crippen LogP contribution in [0.4, 0.5) is 8.96 Å². The third-order valence-corrected chi connectivity index (χ3v) is 2.11. The largest absolute Gasteiger partial charge is 0.402 e. The zero-order valence-electron chi connectivity index (χ0n) is 3.21. The lowest BCUT2D eigenvalue weighted by molar-refractivity contribution is -0.0602. The molecule has 0 fully saturated rings. The molecule has 0 aliphatic carbocycles. The van der Waals surface area contributed by atoms with Crippen molar-refractivity contribution in [3.05, 3.63) is 0 Å². The van der Waals surface area contributed by atoms with Crippen LogP contribution in [-0.4, -0.2) is 13.2 Å². The fourth-order valence-corrected chi connectivity index (χ4v) is 0.429. The summed E-state index contributed by atoms with van der Waals surface area (Å²) in [7, 11) is -4.75. The maximum Gasteiger partial charge on any atom is 0.402 e. The fourth-order valence-electron chi connectivity index (χ4n) is 0.0213. The van der Waals surface area contributed by atoms with Gasteiger partial charge in [0.1, 0.15) is 23.0 Å². The predicted molar refractivity (Wildman–Crippen MR) is 28.1 cm³/mol. The Bertz CT molecular complexity index is 151. The minimum Gasteiger partial charge on any atom is -0.183 e. The molecule has 0 radical (unpaired) electrons. The number of rotatable bonds is 2. The first-order valence-electron chi connectivity index (χ1n) is 1.17. The van der Waals surface area contributed by atoms with E-state index in [9.17, 15) is 17.4 Å². The zero-order valence-corrected chi connectivity index (χ0v) is 6.19. The maximum absolute atomic E-state index is 10.9. The summed E-state index contributed by atoms with van der Waals surface area (Å²) in [6, 6.07) is 0. The predicted octanol–water partition coefficient (Wildman–Crippen LogP) is 0.669. The highest BCUT2D eigenvalue weighted by Crippen LogP contribution is 2.06. The molecule has 50 valence electrons. The van der Waals surface area contributed by atoms with Crippen LogP contribution < -0.4 is 0 Å². The van der Waals surface area contributed by atoms with E-state index in [1.165, 1.54) is 0 Å². The lowest BCUT2D eigenvalue weighted by Gasteiger charge is -1.93. The van der Waals surface area contributed by atoms with Crippen LogP contribution in [0.5, 0.6) is 0 Å². The van der Waals surface area contributed by atoms with Crippen molar-refractivity contribution in [3.8, 4) is 0 Å². The molecule has 0 aromatic carbocycles. The first-order chi connectivity index (χ1) is 3.50. The topological polar surface area (TPSA) is 46.6 Å². The lowest BCUT2D eigenvalue weighted by Crippen LogP contribution is -2.12. The third-order valence-electron chi connectivity index (χ3n) is 0.249. The second kappa shape index (κ2) is 2.85. The van der Waals surface area contributed by atoms with Crippen LogP contribution >= 0.6 is 23.0 Å². The van der Waals surface area contributed by atoms with Gasteiger partial charge in [-0.05, 0) is 0 Å². The smallest absolute Gasteiger partial charge is 0.183 e. The number of halogens is 3. The molecular weight excluding hydrogens is 259 g/mol. The number of hydrogen-bond donors (Lipinski definition) is 0. The molecule has 0 aliphatic rings. The Morgan fingerprint density at radius 1 is 1.50 bits per heavy atom. The Morgan fingerprint density at radius 3 is 1.88 bits per heavy atom. The molecule has 0 atom stereocenters. The van der Waals surface area contributed by atoms with Gasteiger partial charge in [-0.2, -0.15) is 10.9 Å². The van der Waals surface area contributed by atoms with Gasteiger partial charge in [-0.25, -0.2) is 0 Å². The normalized spacial score (nSPS) is 12.5. The molecule has 4 nitrogen and oxygen atoms in total. The van der Waals surface area contributed by atoms with Crippen molar-refractivity contribution in [2.24, 2.45) is 0 Å². The summed E-state index contributed by atoms with van der Waals surface area (Å²) in [5.41, 5.74) is 0. The van der Waals surface area contributed by atoms with E-state index in [-0.39, 0.29) is 0 Å². The molecule has 0 aromatic heterocycles. The van der Waals surface area contributed by atoms with Crippen molar-refractivity contribution < 1.29 is 19.9 Å². The van der Waals surface area contributed by atoms with Crippen LogP contribution in [0.3, 0.4) is 0 Å². The Morgan fingerprint density at radius 2 is 1.88 bits per heavy atom. The van der Waals surface area contributed by atoms with Gasteiger partial charge >= 0.3 is 10.3 Å². The van der Waals surface area contributed by atoms with E-state index in [1.807, 2.05) is 0 Å². The second-order valence-corrected chi connectivity index (χ2v) is 3.03. The molecular formula is F2INO3S. The second-order valence-electron chi connectivity index (χ2n) is 0.693. The van der Waals surface area contributed by atoms with Crippen molar-refractivity contribution in [3.63, 3.8) is 0 Å². The molecule has 8 heavy (non-hydrogen) atoms. The summed E-state index contributed by atoms with van der Waals surface area (Å²) in [6.07, 6.45) is 0. The first-order valence-corrected chi connectivity index (χ1v) is 3.42. The molecule has 0 saturated heterocycles. The molecule has 0 bridgehead atoms. The third kappa shape index (κ3) is 2.15. The fraction of sp³-hybridized carbons (Fsp3) is 0. The maximum atomic E-state index is 10.9. The van der Waals surface area contributed by atoms with Crippen LogP contribution in [-0.2, 0) is 12.8 Å². The van der Waals surface area contributed by atoms with Crippen molar-refractivity contribution in [2.75, 3.05) is 0 Å². The number of hydrogen-bond acceptors (Lipinski definition) is 3. The first kappa shape index (κ1) is 8.46. The van der Waals surface area contributed by atoms with E-state index in [1.54, 1.807) is 0 Å². The summed E-state index contributed by atoms with van der Waals surface area (Å²) < 4.78 is 42.5. The lowest BCUT2D eigenvalue weighted by atomic mass is 13.6. The minimum atomic E-state index is -4.75. The van der Waals surface area contributed by atoms with E-state index < -0.39 is 15.1 Å². The summed E-state index contributed by atoms with van der Waals surface area (Å²) in [5, 5.41) is 0. The van der Waals surface area contributed by atoms with Gasteiger partial charge in [0, 0.05) is 0 Å². The number of nitrogens with zero attached hydrogens (tertiary/aromatic N) is 1. The molecule has 0 heterocycles. The molecule has 0 aliphatic heterocycles. The van der Waals surface area contributed by atoms with Crippen molar-refractivity contribution >= 4 is 33.3 Å². The standard InChI is InChI=1S/F2INO3S/c1-4(2)8(5,6)7-3. The van der Waals surface area contributed by atoms with Gasteiger partial charge in [0.25, 0.3) is 0 Å². The van der Waals surface area contributed by atoms with Crippen LogP contribution in [0, 0.1) is 0 Å². The quantitative estimate of drug-likeness (QED) is 0.540. The van der Waals surface area contributed by atoms with E-state index in [0.717, 1.165) is 23.0 Å². The van der Waals surface area contributed by atoms with E-state index in [2.05, 4.69) is 2.51 Å². The Kier molecular flexibility index (Phi) is 3.01. The SMILES string of the molecule is O=S(=O)(OI)N(F)F.